The average molecular weight is 278 g/mol. The van der Waals surface area contributed by atoms with Crippen LogP contribution in [0, 0.1) is 12.7 Å². The van der Waals surface area contributed by atoms with Gasteiger partial charge >= 0.3 is 5.97 Å². The monoisotopic (exact) mass is 278 g/mol. The number of rotatable bonds is 4. The number of halogens is 1. The minimum absolute atomic E-state index is 0.143. The second-order valence-electron chi connectivity index (χ2n) is 4.07. The van der Waals surface area contributed by atoms with Gasteiger partial charge in [-0.1, -0.05) is 17.3 Å². The summed E-state index contributed by atoms with van der Waals surface area (Å²) in [5.41, 5.74) is 5.94. The van der Waals surface area contributed by atoms with Crippen molar-refractivity contribution in [2.45, 2.75) is 13.0 Å². The number of hydrogen-bond acceptors (Lipinski definition) is 5. The molecule has 0 saturated carbocycles. The van der Waals surface area contributed by atoms with Gasteiger partial charge in [0, 0.05) is 11.6 Å². The molecule has 1 amide bonds. The Kier molecular flexibility index (Phi) is 3.79. The summed E-state index contributed by atoms with van der Waals surface area (Å²) in [7, 11) is 0. The molecule has 0 aliphatic heterocycles. The molecular weight excluding hydrogens is 267 g/mol. The first-order chi connectivity index (χ1) is 9.47. The molecule has 0 aliphatic rings. The molecule has 0 aliphatic carbocycles. The minimum Gasteiger partial charge on any atom is -0.441 e. The molecule has 1 aromatic heterocycles. The van der Waals surface area contributed by atoms with Gasteiger partial charge in [0.1, 0.15) is 5.82 Å². The summed E-state index contributed by atoms with van der Waals surface area (Å²) in [6, 6.07) is 6.26. The van der Waals surface area contributed by atoms with Crippen molar-refractivity contribution in [3.05, 3.63) is 53.2 Å². The van der Waals surface area contributed by atoms with Crippen molar-refractivity contribution in [2.75, 3.05) is 0 Å². The van der Waals surface area contributed by atoms with Crippen molar-refractivity contribution >= 4 is 11.9 Å². The molecule has 7 heteroatoms. The van der Waals surface area contributed by atoms with Gasteiger partial charge in [0.2, 0.25) is 11.9 Å². The Morgan fingerprint density at radius 1 is 1.35 bits per heavy atom. The highest BCUT2D eigenvalue weighted by Crippen LogP contribution is 2.19. The zero-order valence-electron chi connectivity index (χ0n) is 10.5. The number of carbonyl (C=O) groups excluding carboxylic acids is 2. The number of carbonyl (C=O) groups is 2. The fourth-order valence-electron chi connectivity index (χ4n) is 1.55. The van der Waals surface area contributed by atoms with E-state index >= 15 is 0 Å². The Morgan fingerprint density at radius 3 is 2.50 bits per heavy atom. The zero-order valence-corrected chi connectivity index (χ0v) is 10.5. The number of esters is 1. The van der Waals surface area contributed by atoms with E-state index < -0.39 is 23.8 Å². The van der Waals surface area contributed by atoms with E-state index in [-0.39, 0.29) is 11.3 Å². The molecule has 6 nitrogen and oxygen atoms in total. The predicted molar refractivity (Wildman–Crippen MR) is 65.0 cm³/mol. The topological polar surface area (TPSA) is 95.4 Å². The largest absolute Gasteiger partial charge is 0.441 e. The minimum atomic E-state index is -1.33. The van der Waals surface area contributed by atoms with Crippen LogP contribution >= 0.6 is 0 Å². The van der Waals surface area contributed by atoms with Gasteiger partial charge in [0.15, 0.2) is 0 Å². The number of ether oxygens (including phenoxy) is 1. The lowest BCUT2D eigenvalue weighted by Gasteiger charge is -2.13. The Hall–Kier alpha value is -2.70. The second-order valence-corrected chi connectivity index (χ2v) is 4.07. The highest BCUT2D eigenvalue weighted by Gasteiger charge is 2.25. The number of aryl methyl sites for hydroxylation is 1. The van der Waals surface area contributed by atoms with Gasteiger partial charge in [-0.15, -0.1) is 0 Å². The van der Waals surface area contributed by atoms with Gasteiger partial charge in [-0.2, -0.15) is 0 Å². The molecule has 104 valence electrons. The van der Waals surface area contributed by atoms with Crippen LogP contribution in [0.4, 0.5) is 4.39 Å². The van der Waals surface area contributed by atoms with Crippen molar-refractivity contribution in [2.24, 2.45) is 5.73 Å². The van der Waals surface area contributed by atoms with E-state index in [1.807, 2.05) is 0 Å². The Labute approximate surface area is 113 Å². The van der Waals surface area contributed by atoms with E-state index in [1.54, 1.807) is 6.92 Å². The lowest BCUT2D eigenvalue weighted by molar-refractivity contribution is -0.127. The quantitative estimate of drug-likeness (QED) is 0.855. The van der Waals surface area contributed by atoms with Gasteiger partial charge in [0.05, 0.1) is 5.69 Å². The maximum Gasteiger partial charge on any atom is 0.378 e. The van der Waals surface area contributed by atoms with Crippen LogP contribution in [0.25, 0.3) is 0 Å². The van der Waals surface area contributed by atoms with E-state index in [2.05, 4.69) is 5.16 Å². The lowest BCUT2D eigenvalue weighted by atomic mass is 10.1. The first-order valence-corrected chi connectivity index (χ1v) is 5.66. The summed E-state index contributed by atoms with van der Waals surface area (Å²) < 4.78 is 22.5. The van der Waals surface area contributed by atoms with Crippen molar-refractivity contribution in [3.8, 4) is 0 Å². The zero-order chi connectivity index (χ0) is 14.7. The molecule has 2 aromatic rings. The number of primary amides is 1. The highest BCUT2D eigenvalue weighted by atomic mass is 19.1. The van der Waals surface area contributed by atoms with Crippen LogP contribution in [0.2, 0.25) is 0 Å². The number of aromatic nitrogens is 1. The average Bonchev–Trinajstić information content (AvgIpc) is 2.83. The van der Waals surface area contributed by atoms with Crippen LogP contribution < -0.4 is 5.73 Å². The fraction of sp³-hybridized carbons (Fsp3) is 0.154. The predicted octanol–water partition coefficient (Wildman–Crippen LogP) is 1.51. The van der Waals surface area contributed by atoms with Crippen molar-refractivity contribution in [1.82, 2.24) is 5.16 Å². The van der Waals surface area contributed by atoms with E-state index in [9.17, 15) is 14.0 Å². The Morgan fingerprint density at radius 2 is 2.00 bits per heavy atom. The molecule has 1 aromatic carbocycles. The maximum absolute atomic E-state index is 12.8. The Bertz CT molecular complexity index is 636. The van der Waals surface area contributed by atoms with Crippen LogP contribution in [0.5, 0.6) is 0 Å². The van der Waals surface area contributed by atoms with Crippen LogP contribution in [0.15, 0.2) is 34.9 Å². The molecule has 20 heavy (non-hydrogen) atoms. The first-order valence-electron chi connectivity index (χ1n) is 5.66. The van der Waals surface area contributed by atoms with Crippen LogP contribution in [0.3, 0.4) is 0 Å². The standard InChI is InChI=1S/C13H11FN2O4/c1-7-6-10(20-16-7)13(18)19-11(12(15)17)8-2-4-9(14)5-3-8/h2-6,11H,1H3,(H2,15,17)/t11-/m1/s1. The van der Waals surface area contributed by atoms with Crippen LogP contribution in [-0.4, -0.2) is 17.0 Å². The third kappa shape index (κ3) is 3.00. The van der Waals surface area contributed by atoms with Gasteiger partial charge in [-0.25, -0.2) is 9.18 Å². The number of nitrogens with zero attached hydrogens (tertiary/aromatic N) is 1. The molecule has 0 spiro atoms. The molecule has 0 bridgehead atoms. The lowest BCUT2D eigenvalue weighted by Crippen LogP contribution is -2.26. The molecule has 0 saturated heterocycles. The van der Waals surface area contributed by atoms with Crippen LogP contribution in [-0.2, 0) is 9.53 Å². The number of nitrogens with two attached hydrogens (primary N) is 1. The summed E-state index contributed by atoms with van der Waals surface area (Å²) in [6.07, 6.45) is -1.33. The van der Waals surface area contributed by atoms with Crippen LogP contribution in [0.1, 0.15) is 27.9 Å². The van der Waals surface area contributed by atoms with E-state index in [4.69, 9.17) is 15.0 Å². The Balaban J connectivity index is 2.20. The molecule has 2 N–H and O–H groups in total. The normalized spacial score (nSPS) is 11.9. The summed E-state index contributed by atoms with van der Waals surface area (Å²) in [5, 5.41) is 3.53. The highest BCUT2D eigenvalue weighted by molar-refractivity contribution is 5.90. The van der Waals surface area contributed by atoms with Gasteiger partial charge in [-0.3, -0.25) is 4.79 Å². The first kappa shape index (κ1) is 13.7. The summed E-state index contributed by atoms with van der Waals surface area (Å²) in [6.45, 7) is 1.63. The smallest absolute Gasteiger partial charge is 0.378 e. The van der Waals surface area contributed by atoms with Crippen molar-refractivity contribution in [3.63, 3.8) is 0 Å². The molecule has 1 atom stereocenters. The summed E-state index contributed by atoms with van der Waals surface area (Å²) in [4.78, 5) is 23.1. The second kappa shape index (κ2) is 5.52. The van der Waals surface area contributed by atoms with Gasteiger partial charge in [0.25, 0.3) is 5.91 Å². The SMILES string of the molecule is Cc1cc(C(=O)O[C@@H](C(N)=O)c2ccc(F)cc2)on1. The molecule has 0 radical (unpaired) electrons. The van der Waals surface area contributed by atoms with E-state index in [1.165, 1.54) is 18.2 Å². The maximum atomic E-state index is 12.8. The fourth-order valence-corrected chi connectivity index (χ4v) is 1.55. The molecule has 2 rings (SSSR count). The number of amides is 1. The molecule has 0 unspecified atom stereocenters. The van der Waals surface area contributed by atoms with Crippen molar-refractivity contribution < 1.29 is 23.2 Å². The molecule has 1 heterocycles. The summed E-state index contributed by atoms with van der Waals surface area (Å²) >= 11 is 0. The van der Waals surface area contributed by atoms with Gasteiger partial charge in [-0.05, 0) is 19.1 Å². The molecule has 0 fully saturated rings. The third-order valence-corrected chi connectivity index (χ3v) is 2.49. The third-order valence-electron chi connectivity index (χ3n) is 2.49. The number of hydrogen-bond donors (Lipinski definition) is 1. The van der Waals surface area contributed by atoms with Gasteiger partial charge < -0.3 is 15.0 Å². The van der Waals surface area contributed by atoms with E-state index in [0.717, 1.165) is 12.1 Å². The molecular formula is C13H11FN2O4. The summed E-state index contributed by atoms with van der Waals surface area (Å²) in [5.74, 6) is -2.37. The van der Waals surface area contributed by atoms with Crippen molar-refractivity contribution in [1.29, 1.82) is 0 Å². The van der Waals surface area contributed by atoms with E-state index in [0.29, 0.717) is 5.69 Å². The number of benzene rings is 1.